The maximum atomic E-state index is 15.0. The van der Waals surface area contributed by atoms with Gasteiger partial charge in [-0.05, 0) is 64.8 Å². The summed E-state index contributed by atoms with van der Waals surface area (Å²) in [6, 6.07) is 13.5. The first kappa shape index (κ1) is 21.2. The molecule has 4 rings (SSSR count). The number of benzene rings is 3. The number of hydrogen-bond donors (Lipinski definition) is 2. The first-order valence-electron chi connectivity index (χ1n) is 10.1. The first-order valence-corrected chi connectivity index (χ1v) is 10.1. The monoisotopic (exact) mass is 428 g/mol. The minimum Gasteiger partial charge on any atom is -0.399 e. The molecular weight excluding hydrogens is 404 g/mol. The van der Waals surface area contributed by atoms with Crippen molar-refractivity contribution in [2.45, 2.75) is 44.7 Å². The summed E-state index contributed by atoms with van der Waals surface area (Å²) >= 11 is 0. The molecule has 1 unspecified atom stereocenters. The van der Waals surface area contributed by atoms with Gasteiger partial charge in [0.1, 0.15) is 5.82 Å². The average Bonchev–Trinajstić information content (AvgIpc) is 2.91. The second-order valence-electron chi connectivity index (χ2n) is 8.88. The number of nitrogen functional groups attached to an aromatic ring is 1. The van der Waals surface area contributed by atoms with Crippen LogP contribution in [-0.4, -0.2) is 0 Å². The molecule has 3 aromatic carbocycles. The Labute approximate surface area is 179 Å². The van der Waals surface area contributed by atoms with Crippen LogP contribution in [0.1, 0.15) is 49.8 Å². The Balaban J connectivity index is 1.81. The Bertz CT molecular complexity index is 1130. The number of rotatable bonds is 3. The zero-order valence-electron chi connectivity index (χ0n) is 17.6. The van der Waals surface area contributed by atoms with Crippen LogP contribution in [0.4, 0.5) is 34.6 Å². The lowest BCUT2D eigenvalue weighted by molar-refractivity contribution is -0.137. The van der Waals surface area contributed by atoms with Crippen LogP contribution < -0.4 is 11.1 Å². The Kier molecular flexibility index (Phi) is 4.99. The van der Waals surface area contributed by atoms with Crippen LogP contribution in [0.5, 0.6) is 0 Å². The van der Waals surface area contributed by atoms with Gasteiger partial charge in [-0.15, -0.1) is 0 Å². The third kappa shape index (κ3) is 3.87. The van der Waals surface area contributed by atoms with Gasteiger partial charge in [-0.1, -0.05) is 45.0 Å². The number of halogens is 4. The molecule has 1 aliphatic rings. The summed E-state index contributed by atoms with van der Waals surface area (Å²) < 4.78 is 56.7. The molecule has 6 heteroatoms. The fraction of sp³-hybridized carbons (Fsp3) is 0.280. The van der Waals surface area contributed by atoms with Gasteiger partial charge in [-0.3, -0.25) is 0 Å². The molecule has 1 atom stereocenters. The highest BCUT2D eigenvalue weighted by atomic mass is 19.4. The summed E-state index contributed by atoms with van der Waals surface area (Å²) in [6.07, 6.45) is -3.78. The lowest BCUT2D eigenvalue weighted by atomic mass is 9.86. The summed E-state index contributed by atoms with van der Waals surface area (Å²) in [4.78, 5) is 0. The van der Waals surface area contributed by atoms with E-state index in [2.05, 4.69) is 32.2 Å². The van der Waals surface area contributed by atoms with Crippen LogP contribution in [0.25, 0.3) is 11.1 Å². The van der Waals surface area contributed by atoms with E-state index < -0.39 is 23.1 Å². The fourth-order valence-corrected chi connectivity index (χ4v) is 4.77. The van der Waals surface area contributed by atoms with Gasteiger partial charge in [-0.25, -0.2) is 4.39 Å². The van der Waals surface area contributed by atoms with E-state index in [0.717, 1.165) is 24.1 Å². The normalized spacial score (nSPS) is 17.5. The van der Waals surface area contributed by atoms with Crippen molar-refractivity contribution in [1.29, 1.82) is 0 Å². The molecule has 0 aromatic heterocycles. The van der Waals surface area contributed by atoms with Crippen molar-refractivity contribution in [3.63, 3.8) is 0 Å². The summed E-state index contributed by atoms with van der Waals surface area (Å²) in [5.74, 6) is -0.697. The van der Waals surface area contributed by atoms with Crippen LogP contribution in [0.15, 0.2) is 54.6 Å². The van der Waals surface area contributed by atoms with Gasteiger partial charge in [0.15, 0.2) is 0 Å². The standard InChI is InChI=1S/C25H24F4N2/c1-14-13-24(2,3)18-5-4-6-21(22(14)18)31-17-11-19(25(27,28)29)23(20(26)12-17)15-7-9-16(30)10-8-15/h4-12,14,31H,13,30H2,1-3H3. The third-order valence-corrected chi connectivity index (χ3v) is 6.02. The Morgan fingerprint density at radius 3 is 2.35 bits per heavy atom. The SMILES string of the molecule is CC1CC(C)(C)c2cccc(Nc3cc(F)c(-c4ccc(N)cc4)c(C(F)(F)F)c3)c21. The van der Waals surface area contributed by atoms with Crippen LogP contribution in [0.2, 0.25) is 0 Å². The highest BCUT2D eigenvalue weighted by molar-refractivity contribution is 5.75. The van der Waals surface area contributed by atoms with Crippen LogP contribution in [0, 0.1) is 5.82 Å². The van der Waals surface area contributed by atoms with Crippen molar-refractivity contribution < 1.29 is 17.6 Å². The fourth-order valence-electron chi connectivity index (χ4n) is 4.77. The van der Waals surface area contributed by atoms with E-state index in [1.807, 2.05) is 12.1 Å². The lowest BCUT2D eigenvalue weighted by Gasteiger charge is -2.20. The smallest absolute Gasteiger partial charge is 0.399 e. The van der Waals surface area contributed by atoms with Crippen LogP contribution in [-0.2, 0) is 11.6 Å². The third-order valence-electron chi connectivity index (χ3n) is 6.02. The van der Waals surface area contributed by atoms with Gasteiger partial charge in [0.2, 0.25) is 0 Å². The minimum absolute atomic E-state index is 0.0200. The number of alkyl halides is 3. The van der Waals surface area contributed by atoms with E-state index in [0.29, 0.717) is 11.4 Å². The van der Waals surface area contributed by atoms with E-state index in [1.165, 1.54) is 29.8 Å². The molecule has 31 heavy (non-hydrogen) atoms. The molecule has 2 nitrogen and oxygen atoms in total. The van der Waals surface area contributed by atoms with E-state index in [4.69, 9.17) is 5.73 Å². The molecule has 0 amide bonds. The largest absolute Gasteiger partial charge is 0.417 e. The van der Waals surface area contributed by atoms with Crippen LogP contribution in [0.3, 0.4) is 0 Å². The molecule has 0 saturated heterocycles. The Morgan fingerprint density at radius 1 is 1.03 bits per heavy atom. The molecule has 1 aliphatic carbocycles. The number of anilines is 3. The Morgan fingerprint density at radius 2 is 1.71 bits per heavy atom. The number of hydrogen-bond acceptors (Lipinski definition) is 2. The second-order valence-corrected chi connectivity index (χ2v) is 8.88. The van der Waals surface area contributed by atoms with Crippen molar-refractivity contribution in [2.75, 3.05) is 11.1 Å². The molecule has 0 radical (unpaired) electrons. The highest BCUT2D eigenvalue weighted by Crippen LogP contribution is 2.49. The number of nitrogens with two attached hydrogens (primary N) is 1. The number of nitrogens with one attached hydrogen (secondary N) is 1. The van der Waals surface area contributed by atoms with Crippen molar-refractivity contribution in [1.82, 2.24) is 0 Å². The predicted octanol–water partition coefficient (Wildman–Crippen LogP) is 7.62. The van der Waals surface area contributed by atoms with Gasteiger partial charge in [0, 0.05) is 22.6 Å². The van der Waals surface area contributed by atoms with E-state index in [1.54, 1.807) is 0 Å². The lowest BCUT2D eigenvalue weighted by Crippen LogP contribution is -2.12. The van der Waals surface area contributed by atoms with Crippen LogP contribution >= 0.6 is 0 Å². The van der Waals surface area contributed by atoms with Crippen molar-refractivity contribution in [3.05, 3.63) is 77.1 Å². The molecule has 0 spiro atoms. The minimum atomic E-state index is -4.72. The Hall–Kier alpha value is -3.02. The summed E-state index contributed by atoms with van der Waals surface area (Å²) in [5, 5.41) is 3.05. The molecular formula is C25H24F4N2. The molecule has 0 fully saturated rings. The zero-order valence-corrected chi connectivity index (χ0v) is 17.6. The van der Waals surface area contributed by atoms with Gasteiger partial charge in [0.05, 0.1) is 5.56 Å². The second kappa shape index (κ2) is 7.29. The summed E-state index contributed by atoms with van der Waals surface area (Å²) in [7, 11) is 0. The molecule has 0 aliphatic heterocycles. The zero-order chi connectivity index (χ0) is 22.6. The maximum absolute atomic E-state index is 15.0. The van der Waals surface area contributed by atoms with E-state index >= 15 is 4.39 Å². The van der Waals surface area contributed by atoms with Gasteiger partial charge < -0.3 is 11.1 Å². The summed E-state index contributed by atoms with van der Waals surface area (Å²) in [6.45, 7) is 6.41. The highest BCUT2D eigenvalue weighted by Gasteiger charge is 2.37. The van der Waals surface area contributed by atoms with E-state index in [9.17, 15) is 13.2 Å². The molecule has 0 heterocycles. The van der Waals surface area contributed by atoms with E-state index in [-0.39, 0.29) is 22.6 Å². The molecule has 0 saturated carbocycles. The average molecular weight is 428 g/mol. The van der Waals surface area contributed by atoms with Crippen molar-refractivity contribution in [2.24, 2.45) is 0 Å². The van der Waals surface area contributed by atoms with Gasteiger partial charge in [0.25, 0.3) is 0 Å². The van der Waals surface area contributed by atoms with Gasteiger partial charge >= 0.3 is 6.18 Å². The van der Waals surface area contributed by atoms with Crippen molar-refractivity contribution in [3.8, 4) is 11.1 Å². The van der Waals surface area contributed by atoms with Crippen molar-refractivity contribution >= 4 is 17.1 Å². The van der Waals surface area contributed by atoms with Gasteiger partial charge in [-0.2, -0.15) is 13.2 Å². The topological polar surface area (TPSA) is 38.0 Å². The predicted molar refractivity (Wildman–Crippen MR) is 117 cm³/mol. The molecule has 162 valence electrons. The molecule has 3 aromatic rings. The quantitative estimate of drug-likeness (QED) is 0.333. The molecule has 0 bridgehead atoms. The first-order chi connectivity index (χ1) is 14.5. The summed E-state index contributed by atoms with van der Waals surface area (Å²) in [5.41, 5.74) is 7.63. The maximum Gasteiger partial charge on any atom is 0.417 e. The number of fused-ring (bicyclic) bond motifs is 1. The molecule has 3 N–H and O–H groups in total.